The normalized spacial score (nSPS) is 30.7. The lowest BCUT2D eigenvalue weighted by atomic mass is 9.78. The Morgan fingerprint density at radius 3 is 1.76 bits per heavy atom. The van der Waals surface area contributed by atoms with E-state index in [9.17, 15) is 37.1 Å². The minimum Gasteiger partial charge on any atom is -0.376 e. The smallest absolute Gasteiger partial charge is 0.376 e. The molecule has 3 N–H and O–H groups in total. The number of hydrogen-bond donors (Lipinski definition) is 3. The van der Waals surface area contributed by atoms with Crippen molar-refractivity contribution in [1.29, 1.82) is 0 Å². The molecular weight excluding hydrogens is 1400 g/mol. The molecule has 4 aliphatic carbocycles. The van der Waals surface area contributed by atoms with Gasteiger partial charge in [0.15, 0.2) is 0 Å². The fraction of sp³-hybridized carbons (Fsp3) is 0.848. The van der Waals surface area contributed by atoms with Crippen molar-refractivity contribution in [2.75, 3.05) is 95.2 Å². The van der Waals surface area contributed by atoms with Crippen LogP contribution in [-0.2, 0) is 62.3 Å². The molecule has 29 heteroatoms. The maximum atomic E-state index is 15.8. The van der Waals surface area contributed by atoms with Crippen molar-refractivity contribution in [3.8, 4) is 0 Å². The average molecular weight is 1530 g/mol. The third kappa shape index (κ3) is 23.5. The number of nitrogens with zero attached hydrogens (tertiary/aromatic N) is 9. The van der Waals surface area contributed by atoms with Crippen molar-refractivity contribution in [2.24, 2.45) is 47.3 Å². The number of rotatable bonds is 15. The minimum absolute atomic E-state index is 0.000329. The molecule has 7 fully saturated rings. The second-order valence-corrected chi connectivity index (χ2v) is 34.2. The number of carbonyl (C=O) groups is 12. The molecule has 0 radical (unpaired) electrons. The van der Waals surface area contributed by atoms with E-state index in [2.05, 4.69) is 22.9 Å². The van der Waals surface area contributed by atoms with E-state index in [0.29, 0.717) is 57.7 Å². The van der Waals surface area contributed by atoms with Gasteiger partial charge in [0.05, 0.1) is 38.1 Å². The molecule has 1 spiro atoms. The molecule has 3 saturated heterocycles. The second kappa shape index (κ2) is 40.0. The van der Waals surface area contributed by atoms with Crippen molar-refractivity contribution in [2.45, 2.75) is 288 Å². The van der Waals surface area contributed by atoms with E-state index in [1.165, 1.54) is 73.8 Å². The van der Waals surface area contributed by atoms with E-state index >= 15 is 38.0 Å². The Kier molecular flexibility index (Phi) is 32.8. The van der Waals surface area contributed by atoms with E-state index in [1.54, 1.807) is 11.8 Å². The van der Waals surface area contributed by atoms with Gasteiger partial charge in [-0.15, -0.1) is 0 Å². The summed E-state index contributed by atoms with van der Waals surface area (Å²) in [6.07, 6.45) is 2.80. The van der Waals surface area contributed by atoms with E-state index in [4.69, 9.17) is 4.74 Å². The van der Waals surface area contributed by atoms with Crippen LogP contribution in [0.5, 0.6) is 0 Å². The molecule has 7 rings (SSSR count). The van der Waals surface area contributed by atoms with Crippen LogP contribution in [0.2, 0.25) is 0 Å². The highest BCUT2D eigenvalue weighted by atomic mass is 19.4. The van der Waals surface area contributed by atoms with Gasteiger partial charge in [-0.05, 0) is 138 Å². The van der Waals surface area contributed by atoms with Crippen LogP contribution in [-0.4, -0.2) is 276 Å². The number of piperidine rings is 1. The summed E-state index contributed by atoms with van der Waals surface area (Å²) in [6.45, 7) is 12.4. The van der Waals surface area contributed by atoms with Gasteiger partial charge in [-0.1, -0.05) is 113 Å². The van der Waals surface area contributed by atoms with Crippen molar-refractivity contribution >= 4 is 70.9 Å². The first kappa shape index (κ1) is 88.5. The molecule has 12 amide bonds. The average Bonchev–Trinajstić information content (AvgIpc) is 1.56. The predicted molar refractivity (Wildman–Crippen MR) is 399 cm³/mol. The number of alkyl halides is 4. The first-order chi connectivity index (χ1) is 50.9. The van der Waals surface area contributed by atoms with Gasteiger partial charge < -0.3 is 64.8 Å². The molecule has 0 aromatic carbocycles. The zero-order chi connectivity index (χ0) is 79.8. The Morgan fingerprint density at radius 1 is 0.574 bits per heavy atom. The topological polar surface area (TPSA) is 279 Å². The lowest BCUT2D eigenvalue weighted by Gasteiger charge is -2.41. The molecule has 25 nitrogen and oxygen atoms in total. The third-order valence-corrected chi connectivity index (χ3v) is 24.8. The van der Waals surface area contributed by atoms with Gasteiger partial charge in [0.2, 0.25) is 70.9 Å². The molecule has 3 aliphatic heterocycles. The van der Waals surface area contributed by atoms with Gasteiger partial charge in [-0.25, -0.2) is 4.39 Å². The highest BCUT2D eigenvalue weighted by Gasteiger charge is 2.53. The molecule has 0 bridgehead atoms. The highest BCUT2D eigenvalue weighted by molar-refractivity contribution is 6.00. The lowest BCUT2D eigenvalue weighted by Crippen LogP contribution is -2.64. The predicted octanol–water partition coefficient (Wildman–Crippen LogP) is 7.50. The monoisotopic (exact) mass is 1530 g/mol. The fourth-order valence-electron chi connectivity index (χ4n) is 17.5. The molecule has 3 unspecified atom stereocenters. The number of amides is 12. The summed E-state index contributed by atoms with van der Waals surface area (Å²) in [7, 11) is 9.91. The molecular formula is C79H130F4N12O13. The minimum atomic E-state index is -4.77. The number of carbonyl (C=O) groups excluding carboxylic acids is 12. The number of ether oxygens (including phenoxy) is 1. The SMILES string of the molecule is CC[C@H](C)[C@@H]1NC(=O)[C@H](CC(C)C)N(C)C(=O)C[C@@H](C(=O)N2CCCCC2)N(C)C(=O)[C@H](CC(C)C)N(C)C(=O)C2(CCCC2)NC(=O)[C@@H]2C[C@@H](OCC3CCC(C)CC3)CN2C(=O)[C@H](CCC2CCC(C(F)(F)F)C(F)C2)NC(=O)CN(C)C(=O)[C@H](CC2CCCCC2)N(C)C(=O)CN(C)C(=O)CN(C)C1=O. The van der Waals surface area contributed by atoms with Crippen molar-refractivity contribution in [1.82, 2.24) is 60.0 Å². The number of likely N-dealkylation sites (tertiary alicyclic amines) is 1. The Bertz CT molecular complexity index is 3100. The lowest BCUT2D eigenvalue weighted by molar-refractivity contribution is -0.201. The van der Waals surface area contributed by atoms with Crippen LogP contribution in [0.3, 0.4) is 0 Å². The first-order valence-corrected chi connectivity index (χ1v) is 40.5. The quantitative estimate of drug-likeness (QED) is 0.134. The number of fused-ring (bicyclic) bond motifs is 1. The number of likely N-dealkylation sites (N-methyl/N-ethyl adjacent to an activating group) is 7. The Labute approximate surface area is 638 Å². The van der Waals surface area contributed by atoms with Gasteiger partial charge in [-0.2, -0.15) is 13.2 Å². The zero-order valence-corrected chi connectivity index (χ0v) is 67.2. The molecule has 612 valence electrons. The highest BCUT2D eigenvalue weighted by Crippen LogP contribution is 2.43. The molecule has 4 saturated carbocycles. The van der Waals surface area contributed by atoms with E-state index in [-0.39, 0.29) is 88.0 Å². The first-order valence-electron chi connectivity index (χ1n) is 40.5. The maximum Gasteiger partial charge on any atom is 0.394 e. The zero-order valence-electron chi connectivity index (χ0n) is 67.2. The summed E-state index contributed by atoms with van der Waals surface area (Å²) in [5, 5.41) is 8.84. The van der Waals surface area contributed by atoms with Gasteiger partial charge in [0.1, 0.15) is 54.0 Å². The van der Waals surface area contributed by atoms with Crippen molar-refractivity contribution in [3.05, 3.63) is 0 Å². The summed E-state index contributed by atoms with van der Waals surface area (Å²) in [4.78, 5) is 193. The van der Waals surface area contributed by atoms with E-state index in [1.807, 2.05) is 34.6 Å². The summed E-state index contributed by atoms with van der Waals surface area (Å²) < 4.78 is 64.3. The maximum absolute atomic E-state index is 15.8. The van der Waals surface area contributed by atoms with Crippen molar-refractivity contribution in [3.63, 3.8) is 0 Å². The Morgan fingerprint density at radius 2 is 1.16 bits per heavy atom. The standard InChI is InChI=1S/C79H130F4N12O13/c1-15-52(7)69-76(106)89(10)46-67(98)87(8)47-68(99)91(12)63(41-53-24-18-16-19-25-53)73(103)88(9)45-65(96)84-59(33-31-54-30-32-57(58(80)40-54)79(81,82)83)72(102)95-44-56(108-48-55-28-26-51(6)27-29-55)42-61(95)71(101)86-78(34-20-21-35-78)77(107)93(14)62(39-50(4)5)74(104)92(13)64(75(105)94-36-22-17-23-37-94)43-66(97)90(11)60(38-49(2)3)70(100)85-69/h49-64,69H,15-48H2,1-14H3,(H,84,96)(H,85,100)(H,86,101)/t51?,52-,54?,55?,56+,57?,58?,59-,60-,61-,62-,63-,64-,69-/m0/s1. The van der Waals surface area contributed by atoms with Gasteiger partial charge in [-0.3, -0.25) is 57.5 Å². The van der Waals surface area contributed by atoms with E-state index < -0.39 is 194 Å². The summed E-state index contributed by atoms with van der Waals surface area (Å²) >= 11 is 0. The fourth-order valence-corrected chi connectivity index (χ4v) is 17.5. The van der Waals surface area contributed by atoms with Crippen molar-refractivity contribution < 1.29 is 79.8 Å². The molecule has 0 aromatic heterocycles. The van der Waals surface area contributed by atoms with Gasteiger partial charge in [0, 0.05) is 82.0 Å². The van der Waals surface area contributed by atoms with Crippen LogP contribution in [0.4, 0.5) is 17.6 Å². The third-order valence-electron chi connectivity index (χ3n) is 24.8. The number of halogens is 4. The Hall–Kier alpha value is -6.68. The van der Waals surface area contributed by atoms with Gasteiger partial charge >= 0.3 is 6.18 Å². The van der Waals surface area contributed by atoms with E-state index in [0.717, 1.165) is 78.9 Å². The number of nitrogens with one attached hydrogen (secondary N) is 3. The van der Waals surface area contributed by atoms with Crippen LogP contribution >= 0.6 is 0 Å². The van der Waals surface area contributed by atoms with Crippen LogP contribution in [0.1, 0.15) is 222 Å². The molecule has 3 heterocycles. The second-order valence-electron chi connectivity index (χ2n) is 34.2. The summed E-state index contributed by atoms with van der Waals surface area (Å²) in [6, 6.07) is -9.08. The molecule has 12 atom stereocenters. The number of hydrogen-bond acceptors (Lipinski definition) is 13. The Balaban J connectivity index is 1.31. The van der Waals surface area contributed by atoms with Crippen LogP contribution < -0.4 is 16.0 Å². The summed E-state index contributed by atoms with van der Waals surface area (Å²) in [5.41, 5.74) is -1.64. The van der Waals surface area contributed by atoms with Gasteiger partial charge in [0.25, 0.3) is 0 Å². The van der Waals surface area contributed by atoms with Crippen LogP contribution in [0.25, 0.3) is 0 Å². The molecule has 0 aromatic rings. The summed E-state index contributed by atoms with van der Waals surface area (Å²) in [5.74, 6) is -11.0. The molecule has 7 aliphatic rings. The van der Waals surface area contributed by atoms with Crippen LogP contribution in [0.15, 0.2) is 0 Å². The van der Waals surface area contributed by atoms with Crippen LogP contribution in [0, 0.1) is 47.3 Å². The largest absolute Gasteiger partial charge is 0.394 e. The molecule has 108 heavy (non-hydrogen) atoms.